The summed E-state index contributed by atoms with van der Waals surface area (Å²) in [5.74, 6) is 2.10. The largest absolute Gasteiger partial charge is 0.393 e. The van der Waals surface area contributed by atoms with Crippen molar-refractivity contribution in [2.45, 2.75) is 88.6 Å². The van der Waals surface area contributed by atoms with Gasteiger partial charge >= 0.3 is 0 Å². The summed E-state index contributed by atoms with van der Waals surface area (Å²) in [6.07, 6.45) is 9.42. The van der Waals surface area contributed by atoms with E-state index in [1.54, 1.807) is 0 Å². The first kappa shape index (κ1) is 18.5. The average Bonchev–Trinajstić information content (AvgIpc) is 2.84. The van der Waals surface area contributed by atoms with Crippen LogP contribution >= 0.6 is 22.6 Å². The molecule has 3 heteroatoms. The molecule has 0 aromatic carbocycles. The van der Waals surface area contributed by atoms with E-state index in [1.165, 1.54) is 38.5 Å². The van der Waals surface area contributed by atoms with E-state index in [2.05, 4.69) is 56.4 Å². The van der Waals surface area contributed by atoms with Gasteiger partial charge in [-0.3, -0.25) is 0 Å². The maximum Gasteiger partial charge on any atom is 0.0662 e. The predicted octanol–water partition coefficient (Wildman–Crippen LogP) is 5.72. The van der Waals surface area contributed by atoms with E-state index in [0.29, 0.717) is 22.7 Å². The van der Waals surface area contributed by atoms with Crippen LogP contribution in [0.3, 0.4) is 0 Å². The third-order valence-electron chi connectivity index (χ3n) is 10.1. The number of nitriles is 1. The van der Waals surface area contributed by atoms with E-state index in [4.69, 9.17) is 0 Å². The summed E-state index contributed by atoms with van der Waals surface area (Å²) in [5, 5.41) is 20.2. The predicted molar refractivity (Wildman–Crippen MR) is 109 cm³/mol. The number of hydrogen-bond donors (Lipinski definition) is 1. The number of nitrogens with zero attached hydrogens (tertiary/aromatic N) is 1. The van der Waals surface area contributed by atoms with Gasteiger partial charge in [0.1, 0.15) is 0 Å². The monoisotopic (exact) mass is 455 g/mol. The topological polar surface area (TPSA) is 44.0 Å². The first-order chi connectivity index (χ1) is 11.6. The second-order valence-corrected chi connectivity index (χ2v) is 12.4. The molecule has 0 bridgehead atoms. The van der Waals surface area contributed by atoms with Crippen molar-refractivity contribution in [1.29, 1.82) is 5.26 Å². The number of fused-ring (bicyclic) bond motifs is 5. The summed E-state index contributed by atoms with van der Waals surface area (Å²) >= 11 is 2.83. The van der Waals surface area contributed by atoms with Crippen LogP contribution in [-0.4, -0.2) is 14.6 Å². The Morgan fingerprint density at radius 2 is 1.64 bits per heavy atom. The number of hydrogen-bond acceptors (Lipinski definition) is 2. The van der Waals surface area contributed by atoms with Crippen molar-refractivity contribution in [3.8, 4) is 6.07 Å². The molecule has 2 nitrogen and oxygen atoms in total. The van der Waals surface area contributed by atoms with E-state index in [-0.39, 0.29) is 20.9 Å². The maximum atomic E-state index is 10.5. The van der Waals surface area contributed by atoms with Gasteiger partial charge in [-0.05, 0) is 85.4 Å². The Labute approximate surface area is 167 Å². The lowest BCUT2D eigenvalue weighted by Crippen LogP contribution is -2.66. The molecule has 4 aliphatic carbocycles. The van der Waals surface area contributed by atoms with Crippen LogP contribution in [0.2, 0.25) is 0 Å². The lowest BCUT2D eigenvalue weighted by molar-refractivity contribution is -0.172. The first-order valence-electron chi connectivity index (χ1n) is 10.4. The fourth-order valence-electron chi connectivity index (χ4n) is 8.47. The molecule has 0 aromatic rings. The highest BCUT2D eigenvalue weighted by molar-refractivity contribution is 14.1. The summed E-state index contributed by atoms with van der Waals surface area (Å²) in [7, 11) is 0. The lowest BCUT2D eigenvalue weighted by Gasteiger charge is -2.69. The molecule has 4 rings (SSSR count). The standard InChI is InChI=1S/C22H34INO/c1-14-16-6-10-21(4)18(19(16,2)9-7-17(14)25)8-11-20(3)15(13-24)5-12-22(20,21)23/h14-18,25H,5-12H2,1-4H3/t14-,15-,16+,17-,18-,19+,20-,21-,22+/m1/s1. The van der Waals surface area contributed by atoms with Crippen LogP contribution < -0.4 is 0 Å². The molecule has 0 heterocycles. The number of halogens is 1. The molecule has 0 aromatic heterocycles. The van der Waals surface area contributed by atoms with Gasteiger partial charge in [0.25, 0.3) is 0 Å². The zero-order chi connectivity index (χ0) is 18.3. The summed E-state index contributed by atoms with van der Waals surface area (Å²) < 4.78 is 0.258. The van der Waals surface area contributed by atoms with Crippen LogP contribution in [0, 0.1) is 51.2 Å². The van der Waals surface area contributed by atoms with Gasteiger partial charge in [0.05, 0.1) is 18.1 Å². The first-order valence-corrected chi connectivity index (χ1v) is 11.5. The highest BCUT2D eigenvalue weighted by atomic mass is 127. The SMILES string of the molecule is C[C@H]1[C@H](O)CC[C@]2(C)[C@H]3CC[C@]4(C)[C@@H](C#N)CC[C@@]4(I)[C@]3(C)CC[C@@H]12. The van der Waals surface area contributed by atoms with E-state index in [1.807, 2.05) is 0 Å². The van der Waals surface area contributed by atoms with Gasteiger partial charge < -0.3 is 5.11 Å². The molecule has 0 spiro atoms. The third-order valence-corrected chi connectivity index (χ3v) is 13.1. The third kappa shape index (κ3) is 2.05. The molecular formula is C22H34INO. The number of rotatable bonds is 0. The smallest absolute Gasteiger partial charge is 0.0662 e. The Morgan fingerprint density at radius 3 is 2.32 bits per heavy atom. The van der Waals surface area contributed by atoms with Crippen LogP contribution in [0.5, 0.6) is 0 Å². The second kappa shape index (κ2) is 5.60. The van der Waals surface area contributed by atoms with Gasteiger partial charge in [-0.25, -0.2) is 0 Å². The van der Waals surface area contributed by atoms with Gasteiger partial charge in [0.15, 0.2) is 0 Å². The number of alkyl halides is 1. The number of aliphatic hydroxyl groups is 1. The summed E-state index contributed by atoms with van der Waals surface area (Å²) in [6.45, 7) is 9.87. The Morgan fingerprint density at radius 1 is 0.960 bits per heavy atom. The van der Waals surface area contributed by atoms with Gasteiger partial charge in [0.2, 0.25) is 0 Å². The molecular weight excluding hydrogens is 421 g/mol. The Bertz CT molecular complexity index is 616. The van der Waals surface area contributed by atoms with Crippen LogP contribution in [0.25, 0.3) is 0 Å². The highest BCUT2D eigenvalue weighted by Crippen LogP contribution is 2.76. The van der Waals surface area contributed by atoms with Crippen LogP contribution in [0.15, 0.2) is 0 Å². The zero-order valence-electron chi connectivity index (χ0n) is 16.3. The van der Waals surface area contributed by atoms with E-state index < -0.39 is 0 Å². The zero-order valence-corrected chi connectivity index (χ0v) is 18.5. The van der Waals surface area contributed by atoms with E-state index >= 15 is 0 Å². The molecule has 0 amide bonds. The van der Waals surface area contributed by atoms with Gasteiger partial charge in [-0.15, -0.1) is 0 Å². The maximum absolute atomic E-state index is 10.5. The van der Waals surface area contributed by atoms with Crippen molar-refractivity contribution in [3.63, 3.8) is 0 Å². The average molecular weight is 455 g/mol. The molecule has 4 saturated carbocycles. The van der Waals surface area contributed by atoms with Crippen molar-refractivity contribution >= 4 is 22.6 Å². The Kier molecular flexibility index (Phi) is 4.15. The van der Waals surface area contributed by atoms with Gasteiger partial charge in [0, 0.05) is 3.42 Å². The highest BCUT2D eigenvalue weighted by Gasteiger charge is 2.72. The minimum Gasteiger partial charge on any atom is -0.393 e. The molecule has 0 radical (unpaired) electrons. The molecule has 1 N–H and O–H groups in total. The molecule has 9 atom stereocenters. The fourth-order valence-corrected chi connectivity index (χ4v) is 10.1. The minimum absolute atomic E-state index is 0.0979. The molecule has 0 aliphatic heterocycles. The Hall–Kier alpha value is 0.180. The van der Waals surface area contributed by atoms with Crippen molar-refractivity contribution in [1.82, 2.24) is 0 Å². The minimum atomic E-state index is -0.0979. The number of aliphatic hydroxyl groups excluding tert-OH is 1. The summed E-state index contributed by atoms with van der Waals surface area (Å²) in [4.78, 5) is 0. The van der Waals surface area contributed by atoms with Crippen LogP contribution in [-0.2, 0) is 0 Å². The second-order valence-electron chi connectivity index (χ2n) is 10.6. The van der Waals surface area contributed by atoms with Crippen molar-refractivity contribution < 1.29 is 5.11 Å². The molecule has 4 fully saturated rings. The van der Waals surface area contributed by atoms with Crippen LogP contribution in [0.4, 0.5) is 0 Å². The molecule has 25 heavy (non-hydrogen) atoms. The quantitative estimate of drug-likeness (QED) is 0.375. The van der Waals surface area contributed by atoms with Gasteiger partial charge in [-0.1, -0.05) is 50.3 Å². The summed E-state index contributed by atoms with van der Waals surface area (Å²) in [6, 6.07) is 2.68. The fraction of sp³-hybridized carbons (Fsp3) is 0.955. The molecule has 0 saturated heterocycles. The molecule has 140 valence electrons. The normalized spacial score (nSPS) is 60.9. The van der Waals surface area contributed by atoms with Crippen molar-refractivity contribution in [2.75, 3.05) is 0 Å². The van der Waals surface area contributed by atoms with Crippen molar-refractivity contribution in [3.05, 3.63) is 0 Å². The Balaban J connectivity index is 1.76. The van der Waals surface area contributed by atoms with Crippen LogP contribution in [0.1, 0.15) is 79.1 Å². The van der Waals surface area contributed by atoms with E-state index in [9.17, 15) is 10.4 Å². The van der Waals surface area contributed by atoms with E-state index in [0.717, 1.165) is 18.8 Å². The van der Waals surface area contributed by atoms with Gasteiger partial charge in [-0.2, -0.15) is 5.26 Å². The van der Waals surface area contributed by atoms with Crippen molar-refractivity contribution in [2.24, 2.45) is 39.9 Å². The summed E-state index contributed by atoms with van der Waals surface area (Å²) in [5.41, 5.74) is 0.881. The molecule has 0 unspecified atom stereocenters. The lowest BCUT2D eigenvalue weighted by atomic mass is 9.38. The molecule has 4 aliphatic rings.